The summed E-state index contributed by atoms with van der Waals surface area (Å²) in [5.74, 6) is 0.430. The smallest absolute Gasteiger partial charge is 0.147 e. The third-order valence-electron chi connectivity index (χ3n) is 1.70. The minimum absolute atomic E-state index is 0.430. The summed E-state index contributed by atoms with van der Waals surface area (Å²) in [7, 11) is 0. The highest BCUT2D eigenvalue weighted by atomic mass is 35.5. The molecule has 1 fully saturated rings. The average Bonchev–Trinajstić information content (AvgIpc) is 1.90. The van der Waals surface area contributed by atoms with Crippen LogP contribution in [0.4, 0.5) is 0 Å². The summed E-state index contributed by atoms with van der Waals surface area (Å²) < 4.78 is 5.02. The summed E-state index contributed by atoms with van der Waals surface area (Å²) in [6, 6.07) is 0. The van der Waals surface area contributed by atoms with Crippen LogP contribution < -0.4 is 0 Å². The first kappa shape index (κ1) is 7.00. The van der Waals surface area contributed by atoms with E-state index in [0.717, 1.165) is 18.9 Å². The van der Waals surface area contributed by atoms with E-state index in [0.29, 0.717) is 11.1 Å². The number of hydrogen-bond acceptors (Lipinski definition) is 3. The molecular formula is C7H7ClN2O. The maximum Gasteiger partial charge on any atom is 0.147 e. The van der Waals surface area contributed by atoms with Gasteiger partial charge in [-0.2, -0.15) is 0 Å². The lowest BCUT2D eigenvalue weighted by molar-refractivity contribution is 0.00656. The molecule has 0 radical (unpaired) electrons. The van der Waals surface area contributed by atoms with Crippen molar-refractivity contribution in [2.24, 2.45) is 0 Å². The molecule has 1 aliphatic rings. The standard InChI is InChI=1S/C7H7ClN2O/c8-7-2-9-6(1-10-7)5-3-11-4-5/h1-2,5H,3-4H2. The zero-order valence-corrected chi connectivity index (χ0v) is 6.58. The van der Waals surface area contributed by atoms with Gasteiger partial charge in [0.25, 0.3) is 0 Å². The fourth-order valence-electron chi connectivity index (χ4n) is 0.940. The van der Waals surface area contributed by atoms with E-state index in [9.17, 15) is 0 Å². The van der Waals surface area contributed by atoms with Crippen molar-refractivity contribution in [3.63, 3.8) is 0 Å². The summed E-state index contributed by atoms with van der Waals surface area (Å²) in [4.78, 5) is 8.06. The van der Waals surface area contributed by atoms with Gasteiger partial charge in [0.2, 0.25) is 0 Å². The van der Waals surface area contributed by atoms with Gasteiger partial charge in [0, 0.05) is 5.92 Å². The van der Waals surface area contributed by atoms with Crippen molar-refractivity contribution in [1.29, 1.82) is 0 Å². The third-order valence-corrected chi connectivity index (χ3v) is 1.89. The minimum atomic E-state index is 0.430. The highest BCUT2D eigenvalue weighted by molar-refractivity contribution is 6.29. The molecule has 58 valence electrons. The molecule has 0 N–H and O–H groups in total. The number of rotatable bonds is 1. The Morgan fingerprint density at radius 1 is 1.36 bits per heavy atom. The Labute approximate surface area is 69.4 Å². The van der Waals surface area contributed by atoms with Crippen LogP contribution in [0, 0.1) is 0 Å². The summed E-state index contributed by atoms with van der Waals surface area (Å²) >= 11 is 5.57. The van der Waals surface area contributed by atoms with Gasteiger partial charge in [-0.3, -0.25) is 4.98 Å². The van der Waals surface area contributed by atoms with Crippen molar-refractivity contribution in [1.82, 2.24) is 9.97 Å². The molecule has 0 bridgehead atoms. The molecule has 0 saturated carbocycles. The van der Waals surface area contributed by atoms with Gasteiger partial charge < -0.3 is 4.74 Å². The highest BCUT2D eigenvalue weighted by Crippen LogP contribution is 2.21. The summed E-state index contributed by atoms with van der Waals surface area (Å²) in [6.45, 7) is 1.52. The van der Waals surface area contributed by atoms with E-state index in [1.165, 1.54) is 0 Å². The lowest BCUT2D eigenvalue weighted by Crippen LogP contribution is -2.25. The van der Waals surface area contributed by atoms with E-state index in [2.05, 4.69) is 9.97 Å². The third kappa shape index (κ3) is 1.34. The van der Waals surface area contributed by atoms with Gasteiger partial charge in [-0.25, -0.2) is 4.98 Å². The average molecular weight is 171 g/mol. The quantitative estimate of drug-likeness (QED) is 0.636. The maximum absolute atomic E-state index is 5.57. The van der Waals surface area contributed by atoms with Gasteiger partial charge in [-0.05, 0) is 0 Å². The van der Waals surface area contributed by atoms with Gasteiger partial charge in [0.05, 0.1) is 31.3 Å². The summed E-state index contributed by atoms with van der Waals surface area (Å²) in [6.07, 6.45) is 3.27. The molecule has 0 amide bonds. The van der Waals surface area contributed by atoms with Crippen LogP contribution in [-0.4, -0.2) is 23.2 Å². The molecule has 1 aromatic rings. The Morgan fingerprint density at radius 3 is 2.64 bits per heavy atom. The second-order valence-electron chi connectivity index (χ2n) is 2.50. The first-order chi connectivity index (χ1) is 5.36. The molecule has 11 heavy (non-hydrogen) atoms. The van der Waals surface area contributed by atoms with Crippen molar-refractivity contribution in [2.45, 2.75) is 5.92 Å². The van der Waals surface area contributed by atoms with E-state index >= 15 is 0 Å². The molecule has 1 saturated heterocycles. The molecular weight excluding hydrogens is 164 g/mol. The van der Waals surface area contributed by atoms with Crippen molar-refractivity contribution in [2.75, 3.05) is 13.2 Å². The topological polar surface area (TPSA) is 35.0 Å². The Morgan fingerprint density at radius 2 is 2.18 bits per heavy atom. The molecule has 0 aromatic carbocycles. The molecule has 2 heterocycles. The van der Waals surface area contributed by atoms with Crippen molar-refractivity contribution in [3.05, 3.63) is 23.2 Å². The van der Waals surface area contributed by atoms with Crippen molar-refractivity contribution >= 4 is 11.6 Å². The Kier molecular flexibility index (Phi) is 1.75. The van der Waals surface area contributed by atoms with Crippen molar-refractivity contribution < 1.29 is 4.74 Å². The van der Waals surface area contributed by atoms with Crippen LogP contribution in [0.25, 0.3) is 0 Å². The largest absolute Gasteiger partial charge is 0.380 e. The van der Waals surface area contributed by atoms with Gasteiger partial charge in [-0.1, -0.05) is 11.6 Å². The minimum Gasteiger partial charge on any atom is -0.380 e. The number of hydrogen-bond donors (Lipinski definition) is 0. The van der Waals surface area contributed by atoms with Gasteiger partial charge in [0.15, 0.2) is 0 Å². The molecule has 0 spiro atoms. The first-order valence-electron chi connectivity index (χ1n) is 3.41. The first-order valence-corrected chi connectivity index (χ1v) is 3.79. The second-order valence-corrected chi connectivity index (χ2v) is 2.89. The molecule has 0 atom stereocenters. The zero-order valence-electron chi connectivity index (χ0n) is 5.83. The van der Waals surface area contributed by atoms with E-state index in [1.807, 2.05) is 0 Å². The summed E-state index contributed by atoms with van der Waals surface area (Å²) in [5, 5.41) is 0.439. The Hall–Kier alpha value is -0.670. The highest BCUT2D eigenvalue weighted by Gasteiger charge is 2.21. The van der Waals surface area contributed by atoms with Crippen LogP contribution in [0.3, 0.4) is 0 Å². The SMILES string of the molecule is Clc1cnc(C2COC2)cn1. The Balaban J connectivity index is 2.18. The second kappa shape index (κ2) is 2.75. The molecule has 1 aliphatic heterocycles. The van der Waals surface area contributed by atoms with Gasteiger partial charge in [-0.15, -0.1) is 0 Å². The number of ether oxygens (including phenoxy) is 1. The lowest BCUT2D eigenvalue weighted by Gasteiger charge is -2.24. The molecule has 0 unspecified atom stereocenters. The molecule has 4 heteroatoms. The molecule has 2 rings (SSSR count). The van der Waals surface area contributed by atoms with E-state index in [4.69, 9.17) is 16.3 Å². The molecule has 0 aliphatic carbocycles. The number of nitrogens with zero attached hydrogens (tertiary/aromatic N) is 2. The molecule has 3 nitrogen and oxygen atoms in total. The van der Waals surface area contributed by atoms with Crippen LogP contribution >= 0.6 is 11.6 Å². The maximum atomic E-state index is 5.57. The predicted octanol–water partition coefficient (Wildman–Crippen LogP) is 1.24. The van der Waals surface area contributed by atoms with Crippen LogP contribution in [0.5, 0.6) is 0 Å². The normalized spacial score (nSPS) is 17.9. The van der Waals surface area contributed by atoms with Crippen LogP contribution in [0.1, 0.15) is 11.6 Å². The van der Waals surface area contributed by atoms with E-state index in [-0.39, 0.29) is 0 Å². The predicted molar refractivity (Wildman–Crippen MR) is 40.6 cm³/mol. The van der Waals surface area contributed by atoms with Crippen LogP contribution in [0.2, 0.25) is 5.15 Å². The molecule has 1 aromatic heterocycles. The zero-order chi connectivity index (χ0) is 7.68. The van der Waals surface area contributed by atoms with Crippen LogP contribution in [-0.2, 0) is 4.74 Å². The van der Waals surface area contributed by atoms with Gasteiger partial charge >= 0.3 is 0 Å². The monoisotopic (exact) mass is 170 g/mol. The fraction of sp³-hybridized carbons (Fsp3) is 0.429. The van der Waals surface area contributed by atoms with Gasteiger partial charge in [0.1, 0.15) is 5.15 Å². The number of aromatic nitrogens is 2. The lowest BCUT2D eigenvalue weighted by atomic mass is 10.1. The van der Waals surface area contributed by atoms with E-state index < -0.39 is 0 Å². The Bertz CT molecular complexity index is 245. The summed E-state index contributed by atoms with van der Waals surface area (Å²) in [5.41, 5.74) is 0.973. The van der Waals surface area contributed by atoms with Crippen LogP contribution in [0.15, 0.2) is 12.4 Å². The van der Waals surface area contributed by atoms with Crippen molar-refractivity contribution in [3.8, 4) is 0 Å². The number of halogens is 1. The van der Waals surface area contributed by atoms with E-state index in [1.54, 1.807) is 12.4 Å². The fourth-order valence-corrected chi connectivity index (χ4v) is 1.04.